The van der Waals surface area contributed by atoms with Gasteiger partial charge in [-0.05, 0) is 80.5 Å². The second kappa shape index (κ2) is 18.3. The number of carbonyl (C=O) groups excluding carboxylic acids is 6. The van der Waals surface area contributed by atoms with Gasteiger partial charge in [0.05, 0.1) is 11.6 Å². The third kappa shape index (κ3) is 9.12. The second-order valence-corrected chi connectivity index (χ2v) is 17.0. The lowest BCUT2D eigenvalue weighted by Crippen LogP contribution is -2.53. The number of nitrogens with two attached hydrogens (primary N) is 1. The summed E-state index contributed by atoms with van der Waals surface area (Å²) in [7, 11) is 3.34. The highest BCUT2D eigenvalue weighted by atomic mass is 16.2. The Morgan fingerprint density at radius 1 is 0.871 bits per heavy atom. The number of imide groups is 1. The van der Waals surface area contributed by atoms with Crippen molar-refractivity contribution >= 4 is 64.8 Å². The lowest BCUT2D eigenvalue weighted by Gasteiger charge is -2.40. The lowest BCUT2D eigenvalue weighted by molar-refractivity contribution is -0.136. The summed E-state index contributed by atoms with van der Waals surface area (Å²) in [4.78, 5) is 93.2. The molecule has 5 aliphatic rings. The van der Waals surface area contributed by atoms with Crippen LogP contribution in [0.25, 0.3) is 0 Å². The van der Waals surface area contributed by atoms with Gasteiger partial charge in [0.15, 0.2) is 17.8 Å². The van der Waals surface area contributed by atoms with Crippen LogP contribution in [0.5, 0.6) is 0 Å². The first kappa shape index (κ1) is 42.3. The van der Waals surface area contributed by atoms with Crippen molar-refractivity contribution < 1.29 is 28.8 Å². The number of nitrogens with zero attached hydrogens (tertiary/aromatic N) is 10. The number of piperidine rings is 3. The molecule has 1 aromatic heterocycles. The Balaban J connectivity index is 0.808. The number of piperazine rings is 1. The van der Waals surface area contributed by atoms with Crippen molar-refractivity contribution in [1.82, 2.24) is 40.1 Å². The largest absolute Gasteiger partial charge is 0.371 e. The van der Waals surface area contributed by atoms with Gasteiger partial charge in [-0.25, -0.2) is 4.79 Å². The molecular formula is C43H55N13O6. The van der Waals surface area contributed by atoms with Crippen LogP contribution in [0.4, 0.5) is 33.6 Å². The van der Waals surface area contributed by atoms with E-state index in [2.05, 4.69) is 47.7 Å². The van der Waals surface area contributed by atoms with Crippen LogP contribution in [0, 0.1) is 5.92 Å². The van der Waals surface area contributed by atoms with Crippen molar-refractivity contribution in [2.75, 3.05) is 106 Å². The number of urea groups is 1. The van der Waals surface area contributed by atoms with Crippen molar-refractivity contribution in [3.05, 3.63) is 59.3 Å². The highest BCUT2D eigenvalue weighted by molar-refractivity contribution is 6.06. The van der Waals surface area contributed by atoms with Gasteiger partial charge in [0, 0.05) is 115 Å². The Labute approximate surface area is 360 Å². The minimum Gasteiger partial charge on any atom is -0.371 e. The van der Waals surface area contributed by atoms with Crippen molar-refractivity contribution in [1.29, 1.82) is 0 Å². The van der Waals surface area contributed by atoms with Crippen molar-refractivity contribution in [3.8, 4) is 0 Å². The molecule has 4 N–H and O–H groups in total. The summed E-state index contributed by atoms with van der Waals surface area (Å²) in [6, 6.07) is 12.6. The average molecular weight is 850 g/mol. The normalized spacial score (nSPS) is 21.6. The minimum absolute atomic E-state index is 0.0380. The first-order chi connectivity index (χ1) is 29.9. The summed E-state index contributed by atoms with van der Waals surface area (Å²) in [5, 5.41) is 13.9. The smallest absolute Gasteiger partial charge is 0.320 e. The molecule has 0 aliphatic carbocycles. The molecule has 6 amide bonds. The molecule has 5 saturated heterocycles. The molecule has 328 valence electrons. The van der Waals surface area contributed by atoms with Crippen LogP contribution in [0.3, 0.4) is 0 Å². The lowest BCUT2D eigenvalue weighted by atomic mass is 9.95. The zero-order chi connectivity index (χ0) is 43.5. The summed E-state index contributed by atoms with van der Waals surface area (Å²) in [5.41, 5.74) is 8.87. The first-order valence-corrected chi connectivity index (χ1v) is 21.6. The molecule has 0 saturated carbocycles. The number of primary amides is 1. The number of aldehydes is 1. The number of amides is 6. The van der Waals surface area contributed by atoms with E-state index in [4.69, 9.17) is 10.7 Å². The highest BCUT2D eigenvalue weighted by Crippen LogP contribution is 2.29. The van der Waals surface area contributed by atoms with Gasteiger partial charge in [-0.2, -0.15) is 4.98 Å². The number of likely N-dealkylation sites (N-methyl/N-ethyl adjacent to an activating group) is 2. The average Bonchev–Trinajstić information content (AvgIpc) is 3.63. The Morgan fingerprint density at radius 3 is 2.27 bits per heavy atom. The predicted octanol–water partition coefficient (Wildman–Crippen LogP) is 1.78. The SMILES string of the molecule is CN1CCN(C2CCCN(c3nnc(C(N)=O)c(Nc4ccc(N5CCN(CC6CCN(c7ccc(C(=O)N(C)C8CCC(=O)NC8=O)c(C=O)c7)CC6)CC5)cc4)n3)C2)C1=O. The molecule has 0 radical (unpaired) electrons. The van der Waals surface area contributed by atoms with E-state index in [1.165, 1.54) is 11.9 Å². The molecular weight excluding hydrogens is 795 g/mol. The molecule has 5 fully saturated rings. The fourth-order valence-corrected chi connectivity index (χ4v) is 9.34. The number of rotatable bonds is 12. The topological polar surface area (TPSA) is 214 Å². The predicted molar refractivity (Wildman–Crippen MR) is 232 cm³/mol. The number of carbonyl (C=O) groups is 6. The molecule has 6 heterocycles. The summed E-state index contributed by atoms with van der Waals surface area (Å²) in [6.07, 6.45) is 4.90. The Morgan fingerprint density at radius 2 is 1.60 bits per heavy atom. The molecule has 19 heteroatoms. The molecule has 19 nitrogen and oxygen atoms in total. The summed E-state index contributed by atoms with van der Waals surface area (Å²) in [6.45, 7) is 9.10. The van der Waals surface area contributed by atoms with Gasteiger partial charge in [0.25, 0.3) is 11.8 Å². The van der Waals surface area contributed by atoms with E-state index in [1.54, 1.807) is 17.0 Å². The zero-order valence-electron chi connectivity index (χ0n) is 35.4. The molecule has 62 heavy (non-hydrogen) atoms. The number of hydrogen-bond donors (Lipinski definition) is 3. The van der Waals surface area contributed by atoms with Gasteiger partial charge in [0.1, 0.15) is 6.04 Å². The quantitative estimate of drug-likeness (QED) is 0.175. The Kier molecular flexibility index (Phi) is 12.5. The number of benzene rings is 2. The van der Waals surface area contributed by atoms with E-state index in [-0.39, 0.29) is 53.5 Å². The molecule has 3 aromatic rings. The fourth-order valence-electron chi connectivity index (χ4n) is 9.34. The molecule has 0 spiro atoms. The highest BCUT2D eigenvalue weighted by Gasteiger charge is 2.36. The van der Waals surface area contributed by atoms with Gasteiger partial charge < -0.3 is 40.4 Å². The number of aromatic nitrogens is 3. The van der Waals surface area contributed by atoms with E-state index in [1.807, 2.05) is 35.0 Å². The zero-order valence-corrected chi connectivity index (χ0v) is 35.4. The third-order valence-corrected chi connectivity index (χ3v) is 13.0. The van der Waals surface area contributed by atoms with Crippen LogP contribution in [0.1, 0.15) is 69.7 Å². The van der Waals surface area contributed by atoms with E-state index in [0.29, 0.717) is 44.3 Å². The standard InChI is InChI=1S/C43H55N13O6/c1-50-18-23-56(43(50)62)33-4-3-15-55(26-33)42-47-39(37(38(44)59)48-49-42)45-30-5-7-31(8-6-30)54-21-19-52(20-22-54)25-28-13-16-53(17-14-28)32-9-10-34(29(24-32)27-57)41(61)51(2)35-11-12-36(58)46-40(35)60/h5-10,24,27-28,33,35H,3-4,11-23,25-26H2,1-2H3,(H2,44,59)(H,45,47,49)(H,46,58,60). The molecule has 2 aromatic carbocycles. The van der Waals surface area contributed by atoms with Crippen LogP contribution < -0.4 is 31.1 Å². The summed E-state index contributed by atoms with van der Waals surface area (Å²) >= 11 is 0. The molecule has 8 rings (SSSR count). The van der Waals surface area contributed by atoms with E-state index in [9.17, 15) is 28.8 Å². The van der Waals surface area contributed by atoms with Crippen LogP contribution >= 0.6 is 0 Å². The monoisotopic (exact) mass is 849 g/mol. The molecule has 0 bridgehead atoms. The van der Waals surface area contributed by atoms with Crippen molar-refractivity contribution in [2.24, 2.45) is 11.7 Å². The molecule has 5 aliphatic heterocycles. The summed E-state index contributed by atoms with van der Waals surface area (Å²) in [5.74, 6) is -0.844. The second-order valence-electron chi connectivity index (χ2n) is 17.0. The van der Waals surface area contributed by atoms with Gasteiger partial charge in [-0.15, -0.1) is 10.2 Å². The van der Waals surface area contributed by atoms with Crippen molar-refractivity contribution in [2.45, 2.75) is 50.6 Å². The summed E-state index contributed by atoms with van der Waals surface area (Å²) < 4.78 is 0. The third-order valence-electron chi connectivity index (χ3n) is 13.0. The van der Waals surface area contributed by atoms with Crippen LogP contribution in [0.15, 0.2) is 42.5 Å². The van der Waals surface area contributed by atoms with E-state index < -0.39 is 23.8 Å². The first-order valence-electron chi connectivity index (χ1n) is 21.6. The van der Waals surface area contributed by atoms with Gasteiger partial charge in [-0.1, -0.05) is 0 Å². The Bertz CT molecular complexity index is 2190. The minimum atomic E-state index is -0.765. The Hall–Kier alpha value is -6.37. The molecule has 2 unspecified atom stereocenters. The van der Waals surface area contributed by atoms with Gasteiger partial charge >= 0.3 is 6.03 Å². The van der Waals surface area contributed by atoms with Gasteiger partial charge in [0.2, 0.25) is 17.8 Å². The van der Waals surface area contributed by atoms with E-state index >= 15 is 0 Å². The maximum Gasteiger partial charge on any atom is 0.320 e. The van der Waals surface area contributed by atoms with Crippen LogP contribution in [-0.2, 0) is 9.59 Å². The number of anilines is 5. The maximum atomic E-state index is 13.3. The fraction of sp³-hybridized carbons (Fsp3) is 0.512. The van der Waals surface area contributed by atoms with Crippen LogP contribution in [-0.4, -0.2) is 169 Å². The number of hydrogen-bond acceptors (Lipinski definition) is 14. The van der Waals surface area contributed by atoms with Crippen molar-refractivity contribution in [3.63, 3.8) is 0 Å². The van der Waals surface area contributed by atoms with Gasteiger partial charge in [-0.3, -0.25) is 34.2 Å². The molecule has 2 atom stereocenters. The maximum absolute atomic E-state index is 13.3. The van der Waals surface area contributed by atoms with E-state index in [0.717, 1.165) is 88.6 Å². The van der Waals surface area contributed by atoms with Crippen LogP contribution in [0.2, 0.25) is 0 Å². The number of nitrogens with one attached hydrogen (secondary N) is 2.